The monoisotopic (exact) mass is 218 g/mol. The van der Waals surface area contributed by atoms with Gasteiger partial charge in [0.2, 0.25) is 0 Å². The van der Waals surface area contributed by atoms with Crippen LogP contribution in [0.25, 0.3) is 0 Å². The van der Waals surface area contributed by atoms with Gasteiger partial charge in [0, 0.05) is 11.9 Å². The van der Waals surface area contributed by atoms with E-state index in [-0.39, 0.29) is 6.61 Å². The van der Waals surface area contributed by atoms with Gasteiger partial charge in [-0.05, 0) is 6.42 Å². The van der Waals surface area contributed by atoms with Gasteiger partial charge in [0.05, 0.1) is 11.2 Å². The second-order valence-electron chi connectivity index (χ2n) is 2.62. The van der Waals surface area contributed by atoms with Gasteiger partial charge in [0.1, 0.15) is 11.4 Å². The number of hydrogen-bond acceptors (Lipinski definition) is 4. The van der Waals surface area contributed by atoms with E-state index < -0.39 is 0 Å². The molecule has 1 atom stereocenters. The maximum Gasteiger partial charge on any atom is 0.118 e. The number of rotatable bonds is 4. The predicted molar refractivity (Wildman–Crippen MR) is 54.1 cm³/mol. The van der Waals surface area contributed by atoms with Crippen molar-refractivity contribution in [3.8, 4) is 0 Å². The van der Waals surface area contributed by atoms with Crippen LogP contribution in [0, 0.1) is 0 Å². The average molecular weight is 219 g/mol. The molecule has 0 aromatic carbocycles. The summed E-state index contributed by atoms with van der Waals surface area (Å²) >= 11 is 7.41. The molecular weight excluding hydrogens is 208 g/mol. The van der Waals surface area contributed by atoms with Gasteiger partial charge in [0.15, 0.2) is 0 Å². The first kappa shape index (κ1) is 10.8. The highest BCUT2D eigenvalue weighted by Crippen LogP contribution is 2.28. The molecule has 1 unspecified atom stereocenters. The summed E-state index contributed by atoms with van der Waals surface area (Å²) in [5, 5.41) is 10.4. The third-order valence-corrected chi connectivity index (χ3v) is 3.06. The molecule has 1 aromatic rings. The summed E-state index contributed by atoms with van der Waals surface area (Å²) in [6.45, 7) is 2.22. The molecule has 0 radical (unpaired) electrons. The summed E-state index contributed by atoms with van der Waals surface area (Å²) in [5.74, 6) is 0. The van der Waals surface area contributed by atoms with Gasteiger partial charge in [-0.1, -0.05) is 18.5 Å². The van der Waals surface area contributed by atoms with E-state index in [1.807, 2.05) is 6.92 Å². The second-order valence-corrected chi connectivity index (χ2v) is 4.45. The normalized spacial score (nSPS) is 12.8. The highest BCUT2D eigenvalue weighted by molar-refractivity contribution is 7.99. The van der Waals surface area contributed by atoms with Crippen LogP contribution < -0.4 is 0 Å². The van der Waals surface area contributed by atoms with Crippen LogP contribution in [-0.2, 0) is 0 Å². The molecule has 0 bridgehead atoms. The number of halogens is 1. The predicted octanol–water partition coefficient (Wildman–Crippen LogP) is 1.99. The lowest BCUT2D eigenvalue weighted by molar-refractivity contribution is 0.289. The highest BCUT2D eigenvalue weighted by atomic mass is 35.5. The Hall–Kier alpha value is -0.320. The quantitative estimate of drug-likeness (QED) is 0.620. The standard InChI is InChI=1S/C8H11ClN2OS/c1-6(2-3-12)13-8-7(9)4-10-5-11-8/h4-6,12H,2-3H2,1H3. The van der Waals surface area contributed by atoms with E-state index in [1.54, 1.807) is 18.0 Å². The molecule has 0 fully saturated rings. The Labute approximate surface area is 86.6 Å². The van der Waals surface area contributed by atoms with Gasteiger partial charge in [0.25, 0.3) is 0 Å². The molecule has 0 aliphatic carbocycles. The van der Waals surface area contributed by atoms with Crippen LogP contribution in [0.4, 0.5) is 0 Å². The van der Waals surface area contributed by atoms with Crippen LogP contribution >= 0.6 is 23.4 Å². The lowest BCUT2D eigenvalue weighted by Crippen LogP contribution is -2.00. The van der Waals surface area contributed by atoms with Gasteiger partial charge >= 0.3 is 0 Å². The fourth-order valence-electron chi connectivity index (χ4n) is 0.819. The molecule has 72 valence electrons. The van der Waals surface area contributed by atoms with Gasteiger partial charge in [-0.2, -0.15) is 0 Å². The second kappa shape index (κ2) is 5.42. The Morgan fingerprint density at radius 2 is 2.46 bits per heavy atom. The molecule has 0 saturated heterocycles. The van der Waals surface area contributed by atoms with Crippen molar-refractivity contribution >= 4 is 23.4 Å². The molecule has 0 amide bonds. The number of thioether (sulfide) groups is 1. The van der Waals surface area contributed by atoms with E-state index >= 15 is 0 Å². The smallest absolute Gasteiger partial charge is 0.118 e. The van der Waals surface area contributed by atoms with Crippen LogP contribution in [0.5, 0.6) is 0 Å². The van der Waals surface area contributed by atoms with Crippen LogP contribution in [0.15, 0.2) is 17.6 Å². The molecule has 1 rings (SSSR count). The third kappa shape index (κ3) is 3.50. The van der Waals surface area contributed by atoms with Crippen molar-refractivity contribution in [3.05, 3.63) is 17.5 Å². The Morgan fingerprint density at radius 3 is 3.08 bits per heavy atom. The maximum absolute atomic E-state index is 8.70. The van der Waals surface area contributed by atoms with Gasteiger partial charge in [-0.15, -0.1) is 11.8 Å². The average Bonchev–Trinajstić information content (AvgIpc) is 2.09. The van der Waals surface area contributed by atoms with Gasteiger partial charge in [-0.3, -0.25) is 0 Å². The molecule has 1 heterocycles. The molecule has 3 nitrogen and oxygen atoms in total. The minimum Gasteiger partial charge on any atom is -0.396 e. The summed E-state index contributed by atoms with van der Waals surface area (Å²) in [6.07, 6.45) is 3.79. The molecule has 5 heteroatoms. The minimum absolute atomic E-state index is 0.191. The van der Waals surface area contributed by atoms with Crippen molar-refractivity contribution < 1.29 is 5.11 Å². The number of aromatic nitrogens is 2. The zero-order valence-electron chi connectivity index (χ0n) is 7.27. The van der Waals surface area contributed by atoms with Crippen molar-refractivity contribution in [2.24, 2.45) is 0 Å². The lowest BCUT2D eigenvalue weighted by Gasteiger charge is -2.08. The number of aliphatic hydroxyl groups excluding tert-OH is 1. The third-order valence-electron chi connectivity index (χ3n) is 1.48. The molecule has 0 aliphatic rings. The summed E-state index contributed by atoms with van der Waals surface area (Å²) in [6, 6.07) is 0. The van der Waals surface area contributed by atoms with Crippen LogP contribution in [-0.4, -0.2) is 26.9 Å². The van der Waals surface area contributed by atoms with Crippen LogP contribution in [0.1, 0.15) is 13.3 Å². The Morgan fingerprint density at radius 1 is 1.69 bits per heavy atom. The van der Waals surface area contributed by atoms with Crippen molar-refractivity contribution in [2.75, 3.05) is 6.61 Å². The van der Waals surface area contributed by atoms with E-state index in [9.17, 15) is 0 Å². The summed E-state index contributed by atoms with van der Waals surface area (Å²) < 4.78 is 0. The van der Waals surface area contributed by atoms with E-state index in [1.165, 1.54) is 6.33 Å². The fourth-order valence-corrected chi connectivity index (χ4v) is 1.94. The van der Waals surface area contributed by atoms with E-state index in [0.717, 1.165) is 11.4 Å². The summed E-state index contributed by atoms with van der Waals surface area (Å²) in [5.41, 5.74) is 0. The van der Waals surface area contributed by atoms with E-state index in [4.69, 9.17) is 16.7 Å². The molecular formula is C8H11ClN2OS. The van der Waals surface area contributed by atoms with Gasteiger partial charge in [-0.25, -0.2) is 9.97 Å². The lowest BCUT2D eigenvalue weighted by atomic mass is 10.3. The molecule has 1 N–H and O–H groups in total. The van der Waals surface area contributed by atoms with Crippen molar-refractivity contribution in [3.63, 3.8) is 0 Å². The van der Waals surface area contributed by atoms with Crippen LogP contribution in [0.2, 0.25) is 5.02 Å². The first-order chi connectivity index (χ1) is 6.24. The number of hydrogen-bond donors (Lipinski definition) is 1. The number of aliphatic hydroxyl groups is 1. The number of nitrogens with zero attached hydrogens (tertiary/aromatic N) is 2. The SMILES string of the molecule is CC(CCO)Sc1ncncc1Cl. The Kier molecular flexibility index (Phi) is 4.48. The van der Waals surface area contributed by atoms with Crippen molar-refractivity contribution in [1.29, 1.82) is 0 Å². The zero-order valence-corrected chi connectivity index (χ0v) is 8.85. The van der Waals surface area contributed by atoms with Crippen LogP contribution in [0.3, 0.4) is 0 Å². The largest absolute Gasteiger partial charge is 0.396 e. The first-order valence-electron chi connectivity index (χ1n) is 3.97. The summed E-state index contributed by atoms with van der Waals surface area (Å²) in [7, 11) is 0. The zero-order chi connectivity index (χ0) is 9.68. The molecule has 0 aliphatic heterocycles. The van der Waals surface area contributed by atoms with Crippen molar-refractivity contribution in [1.82, 2.24) is 9.97 Å². The fraction of sp³-hybridized carbons (Fsp3) is 0.500. The van der Waals surface area contributed by atoms with E-state index in [2.05, 4.69) is 9.97 Å². The minimum atomic E-state index is 0.191. The summed E-state index contributed by atoms with van der Waals surface area (Å²) in [4.78, 5) is 7.83. The molecule has 0 saturated carbocycles. The first-order valence-corrected chi connectivity index (χ1v) is 5.23. The van der Waals surface area contributed by atoms with E-state index in [0.29, 0.717) is 10.3 Å². The molecule has 1 aromatic heterocycles. The van der Waals surface area contributed by atoms with Gasteiger partial charge < -0.3 is 5.11 Å². The Bertz CT molecular complexity index is 272. The molecule has 13 heavy (non-hydrogen) atoms. The topological polar surface area (TPSA) is 46.0 Å². The molecule has 0 spiro atoms. The Balaban J connectivity index is 2.58. The maximum atomic E-state index is 8.70. The van der Waals surface area contributed by atoms with Crippen molar-refractivity contribution in [2.45, 2.75) is 23.6 Å². The highest BCUT2D eigenvalue weighted by Gasteiger charge is 2.07.